The number of aliphatic hydroxyl groups excluding tert-OH is 1. The summed E-state index contributed by atoms with van der Waals surface area (Å²) in [6, 6.07) is 11.7. The molecule has 0 heterocycles. The Morgan fingerprint density at radius 1 is 1.08 bits per heavy atom. The first-order valence-electron chi connectivity index (χ1n) is 8.05. The maximum atomic E-state index is 12.9. The van der Waals surface area contributed by atoms with Crippen LogP contribution in [0.5, 0.6) is 11.5 Å². The van der Waals surface area contributed by atoms with Gasteiger partial charge in [-0.25, -0.2) is 4.39 Å². The summed E-state index contributed by atoms with van der Waals surface area (Å²) in [6.07, 6.45) is 2.41. The smallest absolute Gasteiger partial charge is 0.161 e. The second kappa shape index (κ2) is 9.25. The van der Waals surface area contributed by atoms with Crippen molar-refractivity contribution >= 4 is 0 Å². The Balaban J connectivity index is 2.06. The first-order chi connectivity index (χ1) is 11.6. The van der Waals surface area contributed by atoms with Crippen molar-refractivity contribution < 1.29 is 19.0 Å². The highest BCUT2D eigenvalue weighted by atomic mass is 19.1. The Labute approximate surface area is 142 Å². The maximum Gasteiger partial charge on any atom is 0.161 e. The van der Waals surface area contributed by atoms with Crippen molar-refractivity contribution in [2.24, 2.45) is 5.73 Å². The normalized spacial score (nSPS) is 12.0. The van der Waals surface area contributed by atoms with E-state index < -0.39 is 0 Å². The lowest BCUT2D eigenvalue weighted by Gasteiger charge is -2.16. The second-order valence-electron chi connectivity index (χ2n) is 5.65. The zero-order valence-electron chi connectivity index (χ0n) is 13.9. The third-order valence-corrected chi connectivity index (χ3v) is 3.85. The number of unbranched alkanes of at least 4 members (excludes halogenated alkanes) is 1. The first kappa shape index (κ1) is 18.2. The van der Waals surface area contributed by atoms with Gasteiger partial charge in [0.25, 0.3) is 0 Å². The van der Waals surface area contributed by atoms with Crippen molar-refractivity contribution in [3.05, 3.63) is 59.4 Å². The van der Waals surface area contributed by atoms with Crippen LogP contribution in [0.25, 0.3) is 0 Å². The van der Waals surface area contributed by atoms with E-state index in [0.29, 0.717) is 18.1 Å². The summed E-state index contributed by atoms with van der Waals surface area (Å²) in [5.41, 5.74) is 8.03. The fourth-order valence-corrected chi connectivity index (χ4v) is 2.42. The van der Waals surface area contributed by atoms with Crippen molar-refractivity contribution in [3.8, 4) is 11.5 Å². The number of ether oxygens (including phenoxy) is 2. The predicted molar refractivity (Wildman–Crippen MR) is 91.6 cm³/mol. The van der Waals surface area contributed by atoms with Crippen molar-refractivity contribution in [1.82, 2.24) is 0 Å². The number of aliphatic hydroxyl groups is 1. The van der Waals surface area contributed by atoms with Gasteiger partial charge in [-0.05, 0) is 54.7 Å². The lowest BCUT2D eigenvalue weighted by atomic mass is 10.0. The van der Waals surface area contributed by atoms with E-state index >= 15 is 0 Å². The molecule has 2 aromatic carbocycles. The van der Waals surface area contributed by atoms with Crippen LogP contribution >= 0.6 is 0 Å². The number of nitrogens with two attached hydrogens (primary N) is 1. The van der Waals surface area contributed by atoms with Gasteiger partial charge in [-0.3, -0.25) is 0 Å². The van der Waals surface area contributed by atoms with Gasteiger partial charge in [0.2, 0.25) is 0 Å². The van der Waals surface area contributed by atoms with Crippen molar-refractivity contribution in [2.45, 2.75) is 31.9 Å². The number of rotatable bonds is 9. The average molecular weight is 333 g/mol. The highest BCUT2D eigenvalue weighted by molar-refractivity contribution is 5.44. The van der Waals surface area contributed by atoms with Crippen LogP contribution in [0, 0.1) is 5.82 Å². The Hall–Kier alpha value is -2.11. The summed E-state index contributed by atoms with van der Waals surface area (Å²) in [7, 11) is 1.58. The van der Waals surface area contributed by atoms with Gasteiger partial charge in [-0.2, -0.15) is 0 Å². The van der Waals surface area contributed by atoms with E-state index in [4.69, 9.17) is 20.3 Å². The van der Waals surface area contributed by atoms with Crippen molar-refractivity contribution in [3.63, 3.8) is 0 Å². The van der Waals surface area contributed by atoms with Crippen LogP contribution in [0.2, 0.25) is 0 Å². The summed E-state index contributed by atoms with van der Waals surface area (Å²) < 4.78 is 24.1. The zero-order chi connectivity index (χ0) is 17.4. The molecule has 0 saturated carbocycles. The van der Waals surface area contributed by atoms with E-state index in [1.165, 1.54) is 12.1 Å². The molecule has 130 valence electrons. The van der Waals surface area contributed by atoms with E-state index in [2.05, 4.69) is 0 Å². The molecule has 5 heteroatoms. The summed E-state index contributed by atoms with van der Waals surface area (Å²) in [6.45, 7) is 0.501. The molecule has 0 amide bonds. The Kier molecular flexibility index (Phi) is 7.03. The first-order valence-corrected chi connectivity index (χ1v) is 8.05. The van der Waals surface area contributed by atoms with Gasteiger partial charge in [-0.1, -0.05) is 18.2 Å². The van der Waals surface area contributed by atoms with E-state index in [-0.39, 0.29) is 18.5 Å². The number of methoxy groups -OCH3 is 1. The van der Waals surface area contributed by atoms with Gasteiger partial charge in [0.05, 0.1) is 7.11 Å². The Morgan fingerprint density at radius 2 is 1.83 bits per heavy atom. The van der Waals surface area contributed by atoms with Crippen LogP contribution in [-0.2, 0) is 6.61 Å². The average Bonchev–Trinajstić information content (AvgIpc) is 2.61. The quantitative estimate of drug-likeness (QED) is 0.689. The summed E-state index contributed by atoms with van der Waals surface area (Å²) >= 11 is 0. The van der Waals surface area contributed by atoms with Gasteiger partial charge >= 0.3 is 0 Å². The van der Waals surface area contributed by atoms with Gasteiger partial charge in [-0.15, -0.1) is 0 Å². The minimum Gasteiger partial charge on any atom is -0.493 e. The Morgan fingerprint density at radius 3 is 2.50 bits per heavy atom. The van der Waals surface area contributed by atoms with Gasteiger partial charge in [0.15, 0.2) is 11.5 Å². The highest BCUT2D eigenvalue weighted by Crippen LogP contribution is 2.31. The van der Waals surface area contributed by atoms with Crippen LogP contribution in [0.3, 0.4) is 0 Å². The topological polar surface area (TPSA) is 64.7 Å². The minimum atomic E-state index is -0.271. The molecule has 2 aromatic rings. The summed E-state index contributed by atoms with van der Waals surface area (Å²) in [4.78, 5) is 0. The van der Waals surface area contributed by atoms with E-state index in [9.17, 15) is 4.39 Å². The molecule has 0 radical (unpaired) electrons. The third kappa shape index (κ3) is 5.22. The molecule has 0 spiro atoms. The van der Waals surface area contributed by atoms with Crippen LogP contribution in [-0.4, -0.2) is 18.8 Å². The lowest BCUT2D eigenvalue weighted by Crippen LogP contribution is -2.11. The van der Waals surface area contributed by atoms with Gasteiger partial charge in [0, 0.05) is 12.6 Å². The molecule has 0 aliphatic rings. The second-order valence-corrected chi connectivity index (χ2v) is 5.65. The van der Waals surface area contributed by atoms with Crippen LogP contribution < -0.4 is 15.2 Å². The molecule has 2 rings (SSSR count). The molecular formula is C19H24FNO3. The largest absolute Gasteiger partial charge is 0.493 e. The number of halogens is 1. The van der Waals surface area contributed by atoms with E-state index in [1.807, 2.05) is 18.2 Å². The van der Waals surface area contributed by atoms with Gasteiger partial charge in [0.1, 0.15) is 12.4 Å². The molecule has 0 aromatic heterocycles. The van der Waals surface area contributed by atoms with Crippen molar-refractivity contribution in [1.29, 1.82) is 0 Å². The molecular weight excluding hydrogens is 309 g/mol. The number of hydrogen-bond donors (Lipinski definition) is 2. The van der Waals surface area contributed by atoms with Gasteiger partial charge < -0.3 is 20.3 Å². The number of hydrogen-bond acceptors (Lipinski definition) is 4. The molecule has 0 aliphatic carbocycles. The zero-order valence-corrected chi connectivity index (χ0v) is 13.9. The SMILES string of the molecule is COc1ccc([C@@H](N)CCCCO)cc1OCc1ccc(F)cc1. The molecule has 0 fully saturated rings. The molecule has 3 N–H and O–H groups in total. The molecule has 4 nitrogen and oxygen atoms in total. The molecule has 0 bridgehead atoms. The highest BCUT2D eigenvalue weighted by Gasteiger charge is 2.11. The van der Waals surface area contributed by atoms with Crippen LogP contribution in [0.4, 0.5) is 4.39 Å². The van der Waals surface area contributed by atoms with E-state index in [0.717, 1.165) is 30.4 Å². The van der Waals surface area contributed by atoms with Crippen molar-refractivity contribution in [2.75, 3.05) is 13.7 Å². The standard InChI is InChI=1S/C19H24FNO3/c1-23-18-10-7-15(17(21)4-2-3-11-22)12-19(18)24-13-14-5-8-16(20)9-6-14/h5-10,12,17,22H,2-4,11,13,21H2,1H3/t17-/m0/s1. The number of benzene rings is 2. The molecule has 0 saturated heterocycles. The summed E-state index contributed by atoms with van der Waals surface area (Å²) in [5, 5.41) is 8.86. The molecule has 24 heavy (non-hydrogen) atoms. The van der Waals surface area contributed by atoms with Crippen LogP contribution in [0.15, 0.2) is 42.5 Å². The fourth-order valence-electron chi connectivity index (χ4n) is 2.42. The molecule has 1 atom stereocenters. The molecule has 0 aliphatic heterocycles. The summed E-state index contributed by atoms with van der Waals surface area (Å²) in [5.74, 6) is 0.965. The van der Waals surface area contributed by atoms with Crippen LogP contribution in [0.1, 0.15) is 36.4 Å². The van der Waals surface area contributed by atoms with E-state index in [1.54, 1.807) is 19.2 Å². The third-order valence-electron chi connectivity index (χ3n) is 3.85. The molecule has 0 unspecified atom stereocenters. The predicted octanol–water partition coefficient (Wildman–Crippen LogP) is 3.58. The minimum absolute atomic E-state index is 0.115. The monoisotopic (exact) mass is 333 g/mol. The lowest BCUT2D eigenvalue weighted by molar-refractivity contribution is 0.280. The maximum absolute atomic E-state index is 12.9. The Bertz CT molecular complexity index is 631. The fraction of sp³-hybridized carbons (Fsp3) is 0.368.